The Hall–Kier alpha value is -1.28. The molecule has 0 spiro atoms. The molecule has 2 aromatic rings. The first kappa shape index (κ1) is 15.1. The quantitative estimate of drug-likeness (QED) is 0.660. The van der Waals surface area contributed by atoms with Crippen LogP contribution in [0.4, 0.5) is 0 Å². The van der Waals surface area contributed by atoms with Crippen molar-refractivity contribution < 1.29 is 0 Å². The fraction of sp³-hybridized carbons (Fsp3) is 0.556. The predicted molar refractivity (Wildman–Crippen MR) is 87.9 cm³/mol. The highest BCUT2D eigenvalue weighted by Gasteiger charge is 2.16. The average Bonchev–Trinajstić information content (AvgIpc) is 2.88. The number of benzene rings is 1. The van der Waals surface area contributed by atoms with Crippen LogP contribution in [0.1, 0.15) is 52.0 Å². The number of aromatic nitrogens is 1. The lowest BCUT2D eigenvalue weighted by atomic mass is 9.87. The van der Waals surface area contributed by atoms with Crippen LogP contribution in [0.15, 0.2) is 30.5 Å². The number of nitrogens with one attached hydrogen (secondary N) is 2. The van der Waals surface area contributed by atoms with Gasteiger partial charge < -0.3 is 10.3 Å². The summed E-state index contributed by atoms with van der Waals surface area (Å²) in [7, 11) is 0. The van der Waals surface area contributed by atoms with Gasteiger partial charge in [-0.15, -0.1) is 0 Å². The molecule has 2 rings (SSSR count). The summed E-state index contributed by atoms with van der Waals surface area (Å²) < 4.78 is 0. The molecular weight excluding hydrogens is 244 g/mol. The van der Waals surface area contributed by atoms with Gasteiger partial charge in [-0.05, 0) is 28.9 Å². The molecule has 0 atom stereocenters. The monoisotopic (exact) mass is 272 g/mol. The summed E-state index contributed by atoms with van der Waals surface area (Å²) in [5.41, 5.74) is 3.01. The van der Waals surface area contributed by atoms with Gasteiger partial charge in [-0.3, -0.25) is 0 Å². The van der Waals surface area contributed by atoms with Crippen LogP contribution in [-0.2, 0) is 6.54 Å². The van der Waals surface area contributed by atoms with Crippen molar-refractivity contribution in [3.8, 4) is 0 Å². The number of unbranched alkanes of at least 4 members (excludes halogenated alkanes) is 2. The van der Waals surface area contributed by atoms with E-state index in [4.69, 9.17) is 0 Å². The number of para-hydroxylation sites is 1. The van der Waals surface area contributed by atoms with Gasteiger partial charge in [0, 0.05) is 24.8 Å². The second kappa shape index (κ2) is 6.94. The molecule has 0 amide bonds. The van der Waals surface area contributed by atoms with E-state index < -0.39 is 0 Å². The maximum Gasteiger partial charge on any atom is 0.0499 e. The van der Waals surface area contributed by atoms with E-state index in [2.05, 4.69) is 55.3 Å². The summed E-state index contributed by atoms with van der Waals surface area (Å²) in [6.45, 7) is 9.01. The summed E-state index contributed by atoms with van der Waals surface area (Å²) >= 11 is 0. The standard InChI is InChI=1S/C18H28N2/c1-4-5-6-11-18(2,3)14-19-13-16-9-7-8-15-10-12-20-17(15)16/h7-10,12,19-20H,4-6,11,13-14H2,1-3H3. The normalized spacial score (nSPS) is 12.2. The Kier molecular flexibility index (Phi) is 5.24. The summed E-state index contributed by atoms with van der Waals surface area (Å²) in [4.78, 5) is 3.34. The number of aromatic amines is 1. The summed E-state index contributed by atoms with van der Waals surface area (Å²) in [6.07, 6.45) is 7.32. The van der Waals surface area contributed by atoms with Crippen LogP contribution in [0.2, 0.25) is 0 Å². The molecule has 2 nitrogen and oxygen atoms in total. The zero-order chi connectivity index (χ0) is 14.4. The lowest BCUT2D eigenvalue weighted by Crippen LogP contribution is -2.29. The largest absolute Gasteiger partial charge is 0.361 e. The highest BCUT2D eigenvalue weighted by atomic mass is 14.9. The van der Waals surface area contributed by atoms with Crippen LogP contribution in [0.3, 0.4) is 0 Å². The molecule has 1 aromatic carbocycles. The minimum Gasteiger partial charge on any atom is -0.361 e. The first-order valence-corrected chi connectivity index (χ1v) is 7.88. The zero-order valence-corrected chi connectivity index (χ0v) is 13.1. The Bertz CT molecular complexity index is 525. The van der Waals surface area contributed by atoms with Crippen molar-refractivity contribution in [3.05, 3.63) is 36.0 Å². The first-order chi connectivity index (χ1) is 9.62. The number of H-pyrrole nitrogens is 1. The molecule has 0 saturated carbocycles. The number of hydrogen-bond donors (Lipinski definition) is 2. The number of rotatable bonds is 8. The Morgan fingerprint density at radius 1 is 1.15 bits per heavy atom. The van der Waals surface area contributed by atoms with Crippen LogP contribution >= 0.6 is 0 Å². The molecule has 1 heterocycles. The van der Waals surface area contributed by atoms with Gasteiger partial charge in [0.05, 0.1) is 0 Å². The fourth-order valence-electron chi connectivity index (χ4n) is 2.77. The Morgan fingerprint density at radius 2 is 2.00 bits per heavy atom. The fourth-order valence-corrected chi connectivity index (χ4v) is 2.77. The van der Waals surface area contributed by atoms with Crippen LogP contribution in [0, 0.1) is 5.41 Å². The van der Waals surface area contributed by atoms with E-state index in [1.165, 1.54) is 42.1 Å². The average molecular weight is 272 g/mol. The van der Waals surface area contributed by atoms with Gasteiger partial charge in [-0.25, -0.2) is 0 Å². The molecule has 0 unspecified atom stereocenters. The van der Waals surface area contributed by atoms with E-state index in [0.29, 0.717) is 5.41 Å². The van der Waals surface area contributed by atoms with Crippen molar-refractivity contribution in [1.82, 2.24) is 10.3 Å². The summed E-state index contributed by atoms with van der Waals surface area (Å²) in [5.74, 6) is 0. The van der Waals surface area contributed by atoms with Crippen LogP contribution in [0.25, 0.3) is 10.9 Å². The highest BCUT2D eigenvalue weighted by Crippen LogP contribution is 2.23. The second-order valence-electron chi connectivity index (χ2n) is 6.58. The van der Waals surface area contributed by atoms with Crippen molar-refractivity contribution in [3.63, 3.8) is 0 Å². The molecule has 0 bridgehead atoms. The lowest BCUT2D eigenvalue weighted by molar-refractivity contribution is 0.302. The van der Waals surface area contributed by atoms with Gasteiger partial charge in [0.2, 0.25) is 0 Å². The van der Waals surface area contributed by atoms with Crippen LogP contribution in [-0.4, -0.2) is 11.5 Å². The Labute approximate surface area is 123 Å². The molecule has 2 N–H and O–H groups in total. The van der Waals surface area contributed by atoms with Gasteiger partial charge in [0.15, 0.2) is 0 Å². The predicted octanol–water partition coefficient (Wildman–Crippen LogP) is 4.86. The molecule has 0 aliphatic carbocycles. The van der Waals surface area contributed by atoms with Gasteiger partial charge in [0.25, 0.3) is 0 Å². The van der Waals surface area contributed by atoms with E-state index in [9.17, 15) is 0 Å². The second-order valence-corrected chi connectivity index (χ2v) is 6.58. The minimum absolute atomic E-state index is 0.388. The summed E-state index contributed by atoms with van der Waals surface area (Å²) in [6, 6.07) is 8.63. The maximum absolute atomic E-state index is 3.63. The molecule has 110 valence electrons. The van der Waals surface area contributed by atoms with E-state index in [1.54, 1.807) is 0 Å². The first-order valence-electron chi connectivity index (χ1n) is 7.88. The van der Waals surface area contributed by atoms with Gasteiger partial charge in [-0.1, -0.05) is 58.2 Å². The third kappa shape index (κ3) is 4.11. The van der Waals surface area contributed by atoms with Crippen LogP contribution in [0.5, 0.6) is 0 Å². The number of fused-ring (bicyclic) bond motifs is 1. The van der Waals surface area contributed by atoms with Crippen molar-refractivity contribution in [2.24, 2.45) is 5.41 Å². The zero-order valence-electron chi connectivity index (χ0n) is 13.1. The van der Waals surface area contributed by atoms with E-state index in [-0.39, 0.29) is 0 Å². The van der Waals surface area contributed by atoms with Gasteiger partial charge in [-0.2, -0.15) is 0 Å². The van der Waals surface area contributed by atoms with Crippen molar-refractivity contribution in [2.45, 2.75) is 53.0 Å². The number of hydrogen-bond acceptors (Lipinski definition) is 1. The van der Waals surface area contributed by atoms with E-state index >= 15 is 0 Å². The maximum atomic E-state index is 3.63. The lowest BCUT2D eigenvalue weighted by Gasteiger charge is -2.25. The van der Waals surface area contributed by atoms with Crippen molar-refractivity contribution in [2.75, 3.05) is 6.54 Å². The van der Waals surface area contributed by atoms with E-state index in [1.807, 2.05) is 6.20 Å². The van der Waals surface area contributed by atoms with Crippen molar-refractivity contribution >= 4 is 10.9 Å². The molecule has 0 radical (unpaired) electrons. The molecule has 0 aliphatic rings. The SMILES string of the molecule is CCCCCC(C)(C)CNCc1cccc2cc[nH]c12. The molecule has 0 fully saturated rings. The Balaban J connectivity index is 1.84. The molecule has 1 aromatic heterocycles. The van der Waals surface area contributed by atoms with Crippen LogP contribution < -0.4 is 5.32 Å². The molecule has 2 heteroatoms. The topological polar surface area (TPSA) is 27.8 Å². The molecular formula is C18H28N2. The van der Waals surface area contributed by atoms with E-state index in [0.717, 1.165) is 13.1 Å². The third-order valence-electron chi connectivity index (χ3n) is 4.05. The minimum atomic E-state index is 0.388. The third-order valence-corrected chi connectivity index (χ3v) is 4.05. The van der Waals surface area contributed by atoms with Crippen molar-refractivity contribution in [1.29, 1.82) is 0 Å². The highest BCUT2D eigenvalue weighted by molar-refractivity contribution is 5.82. The smallest absolute Gasteiger partial charge is 0.0499 e. The molecule has 20 heavy (non-hydrogen) atoms. The summed E-state index contributed by atoms with van der Waals surface area (Å²) in [5, 5.41) is 4.93. The van der Waals surface area contributed by atoms with Gasteiger partial charge in [0.1, 0.15) is 0 Å². The molecule has 0 saturated heterocycles. The van der Waals surface area contributed by atoms with Gasteiger partial charge >= 0.3 is 0 Å². The Morgan fingerprint density at radius 3 is 2.80 bits per heavy atom. The molecule has 0 aliphatic heterocycles.